The molecule has 3 aromatic rings. The molecule has 2 N–H and O–H groups in total. The van der Waals surface area contributed by atoms with Crippen LogP contribution in [0.3, 0.4) is 0 Å². The van der Waals surface area contributed by atoms with Crippen LogP contribution in [0.4, 0.5) is 5.69 Å². The Hall–Kier alpha value is -3.12. The largest absolute Gasteiger partial charge is 0.483 e. The Morgan fingerprint density at radius 1 is 0.893 bits per heavy atom. The van der Waals surface area contributed by atoms with Gasteiger partial charge in [0, 0.05) is 16.7 Å². The van der Waals surface area contributed by atoms with Crippen molar-refractivity contribution < 1.29 is 14.3 Å². The zero-order valence-corrected chi connectivity index (χ0v) is 16.6. The van der Waals surface area contributed by atoms with Gasteiger partial charge in [-0.25, -0.2) is 0 Å². The number of para-hydroxylation sites is 1. The molecule has 0 aliphatic carbocycles. The fourth-order valence-electron chi connectivity index (χ4n) is 2.56. The molecule has 5 nitrogen and oxygen atoms in total. The number of ether oxygens (including phenoxy) is 1. The highest BCUT2D eigenvalue weighted by Crippen LogP contribution is 2.19. The van der Waals surface area contributed by atoms with E-state index in [1.165, 1.54) is 0 Å². The SMILES string of the molecule is O=C(COc1ccccc1C(=O)NCc1ccccc1)Nc1cccc(Br)c1. The van der Waals surface area contributed by atoms with Gasteiger partial charge in [0.25, 0.3) is 11.8 Å². The van der Waals surface area contributed by atoms with E-state index in [0.29, 0.717) is 23.5 Å². The van der Waals surface area contributed by atoms with Crippen molar-refractivity contribution in [1.82, 2.24) is 5.32 Å². The van der Waals surface area contributed by atoms with Crippen LogP contribution in [0.25, 0.3) is 0 Å². The maximum Gasteiger partial charge on any atom is 0.262 e. The van der Waals surface area contributed by atoms with Gasteiger partial charge in [-0.05, 0) is 35.9 Å². The van der Waals surface area contributed by atoms with Crippen LogP contribution in [-0.2, 0) is 11.3 Å². The number of benzene rings is 3. The summed E-state index contributed by atoms with van der Waals surface area (Å²) in [5, 5.41) is 5.62. The quantitative estimate of drug-likeness (QED) is 0.574. The van der Waals surface area contributed by atoms with Gasteiger partial charge in [-0.15, -0.1) is 0 Å². The molecule has 0 aliphatic rings. The number of hydrogen-bond acceptors (Lipinski definition) is 3. The molecule has 0 heterocycles. The minimum absolute atomic E-state index is 0.199. The Balaban J connectivity index is 1.58. The number of nitrogens with one attached hydrogen (secondary N) is 2. The van der Waals surface area contributed by atoms with Crippen LogP contribution < -0.4 is 15.4 Å². The summed E-state index contributed by atoms with van der Waals surface area (Å²) in [5.41, 5.74) is 2.05. The highest BCUT2D eigenvalue weighted by atomic mass is 79.9. The molecule has 0 bridgehead atoms. The number of anilines is 1. The molecule has 0 spiro atoms. The van der Waals surface area contributed by atoms with E-state index in [9.17, 15) is 9.59 Å². The molecule has 0 saturated carbocycles. The smallest absolute Gasteiger partial charge is 0.262 e. The van der Waals surface area contributed by atoms with Crippen molar-refractivity contribution in [2.75, 3.05) is 11.9 Å². The highest BCUT2D eigenvalue weighted by Gasteiger charge is 2.13. The minimum Gasteiger partial charge on any atom is -0.483 e. The summed E-state index contributed by atoms with van der Waals surface area (Å²) >= 11 is 3.36. The van der Waals surface area contributed by atoms with Gasteiger partial charge in [0.15, 0.2) is 6.61 Å². The van der Waals surface area contributed by atoms with Crippen LogP contribution in [0, 0.1) is 0 Å². The van der Waals surface area contributed by atoms with E-state index in [-0.39, 0.29) is 18.4 Å². The van der Waals surface area contributed by atoms with Crippen molar-refractivity contribution in [3.63, 3.8) is 0 Å². The summed E-state index contributed by atoms with van der Waals surface area (Å²) < 4.78 is 6.46. The van der Waals surface area contributed by atoms with Gasteiger partial charge >= 0.3 is 0 Å². The Kier molecular flexibility index (Phi) is 6.81. The van der Waals surface area contributed by atoms with Crippen molar-refractivity contribution in [3.8, 4) is 5.75 Å². The zero-order chi connectivity index (χ0) is 19.8. The lowest BCUT2D eigenvalue weighted by molar-refractivity contribution is -0.118. The third kappa shape index (κ3) is 5.69. The Morgan fingerprint density at radius 3 is 2.43 bits per heavy atom. The summed E-state index contributed by atoms with van der Waals surface area (Å²) in [5.74, 6) is -0.207. The average molecular weight is 439 g/mol. The zero-order valence-electron chi connectivity index (χ0n) is 15.0. The van der Waals surface area contributed by atoms with Gasteiger partial charge in [-0.2, -0.15) is 0 Å². The second-order valence-corrected chi connectivity index (χ2v) is 6.93. The van der Waals surface area contributed by atoms with Crippen molar-refractivity contribution in [3.05, 3.63) is 94.5 Å². The monoisotopic (exact) mass is 438 g/mol. The first-order valence-electron chi connectivity index (χ1n) is 8.71. The van der Waals surface area contributed by atoms with Crippen molar-refractivity contribution >= 4 is 33.4 Å². The lowest BCUT2D eigenvalue weighted by Crippen LogP contribution is -2.25. The van der Waals surface area contributed by atoms with E-state index in [1.807, 2.05) is 42.5 Å². The molecular weight excluding hydrogens is 420 g/mol. The molecule has 28 heavy (non-hydrogen) atoms. The molecule has 3 rings (SSSR count). The van der Waals surface area contributed by atoms with E-state index >= 15 is 0 Å². The summed E-state index contributed by atoms with van der Waals surface area (Å²) in [6.45, 7) is 0.215. The van der Waals surface area contributed by atoms with E-state index in [0.717, 1.165) is 10.0 Å². The molecule has 0 aromatic heterocycles. The number of rotatable bonds is 7. The standard InChI is InChI=1S/C22H19BrN2O3/c23-17-9-6-10-18(13-17)25-21(26)15-28-20-12-5-4-11-19(20)22(27)24-14-16-7-2-1-3-8-16/h1-13H,14-15H2,(H,24,27)(H,25,26). The molecule has 3 aromatic carbocycles. The molecule has 0 fully saturated rings. The van der Waals surface area contributed by atoms with Crippen LogP contribution in [0.1, 0.15) is 15.9 Å². The fraction of sp³-hybridized carbons (Fsp3) is 0.0909. The number of carbonyl (C=O) groups excluding carboxylic acids is 2. The molecule has 142 valence electrons. The van der Waals surface area contributed by atoms with Gasteiger partial charge in [-0.3, -0.25) is 9.59 Å². The number of halogens is 1. The van der Waals surface area contributed by atoms with Crippen LogP contribution >= 0.6 is 15.9 Å². The molecule has 0 saturated heterocycles. The van der Waals surface area contributed by atoms with Crippen LogP contribution in [-0.4, -0.2) is 18.4 Å². The first-order valence-corrected chi connectivity index (χ1v) is 9.50. The first-order chi connectivity index (χ1) is 13.6. The van der Waals surface area contributed by atoms with Crippen molar-refractivity contribution in [2.45, 2.75) is 6.54 Å². The minimum atomic E-state index is -0.308. The predicted molar refractivity (Wildman–Crippen MR) is 112 cm³/mol. The number of carbonyl (C=O) groups is 2. The average Bonchev–Trinajstić information content (AvgIpc) is 2.71. The van der Waals surface area contributed by atoms with E-state index in [2.05, 4.69) is 26.6 Å². The lowest BCUT2D eigenvalue weighted by Gasteiger charge is -2.12. The Labute approximate surface area is 171 Å². The molecule has 6 heteroatoms. The van der Waals surface area contributed by atoms with Gasteiger partial charge < -0.3 is 15.4 Å². The summed E-state index contributed by atoms with van der Waals surface area (Å²) in [7, 11) is 0. The van der Waals surface area contributed by atoms with Gasteiger partial charge in [0.2, 0.25) is 0 Å². The lowest BCUT2D eigenvalue weighted by atomic mass is 10.1. The van der Waals surface area contributed by atoms with Gasteiger partial charge in [0.05, 0.1) is 5.56 Å². The number of hydrogen-bond donors (Lipinski definition) is 2. The van der Waals surface area contributed by atoms with Crippen LogP contribution in [0.2, 0.25) is 0 Å². The van der Waals surface area contributed by atoms with Gasteiger partial charge in [0.1, 0.15) is 5.75 Å². The van der Waals surface area contributed by atoms with Gasteiger partial charge in [-0.1, -0.05) is 64.5 Å². The Bertz CT molecular complexity index is 961. The fourth-order valence-corrected chi connectivity index (χ4v) is 2.96. The maximum absolute atomic E-state index is 12.5. The van der Waals surface area contributed by atoms with Crippen molar-refractivity contribution in [1.29, 1.82) is 0 Å². The summed E-state index contributed by atoms with van der Waals surface area (Å²) in [6.07, 6.45) is 0. The third-order valence-corrected chi connectivity index (χ3v) is 4.39. The maximum atomic E-state index is 12.5. The second-order valence-electron chi connectivity index (χ2n) is 6.01. The topological polar surface area (TPSA) is 67.4 Å². The molecule has 2 amide bonds. The van der Waals surface area contributed by atoms with E-state index in [1.54, 1.807) is 36.4 Å². The molecule has 0 aliphatic heterocycles. The second kappa shape index (κ2) is 9.71. The predicted octanol–water partition coefficient (Wildman–Crippen LogP) is 4.40. The van der Waals surface area contributed by atoms with Crippen LogP contribution in [0.5, 0.6) is 5.75 Å². The molecule has 0 radical (unpaired) electrons. The molecular formula is C22H19BrN2O3. The first kappa shape index (κ1) is 19.6. The van der Waals surface area contributed by atoms with E-state index < -0.39 is 0 Å². The van der Waals surface area contributed by atoms with E-state index in [4.69, 9.17) is 4.74 Å². The van der Waals surface area contributed by atoms with Crippen LogP contribution in [0.15, 0.2) is 83.3 Å². The Morgan fingerprint density at radius 2 is 1.64 bits per heavy atom. The summed E-state index contributed by atoms with van der Waals surface area (Å²) in [4.78, 5) is 24.7. The van der Waals surface area contributed by atoms with Crippen molar-refractivity contribution in [2.24, 2.45) is 0 Å². The normalized spacial score (nSPS) is 10.2. The summed E-state index contributed by atoms with van der Waals surface area (Å²) in [6, 6.07) is 23.8. The number of amides is 2. The highest BCUT2D eigenvalue weighted by molar-refractivity contribution is 9.10. The molecule has 0 atom stereocenters. The molecule has 0 unspecified atom stereocenters. The third-order valence-electron chi connectivity index (χ3n) is 3.89.